The van der Waals surface area contributed by atoms with Crippen molar-refractivity contribution in [2.75, 3.05) is 7.11 Å². The second-order valence-electron chi connectivity index (χ2n) is 2.74. The first kappa shape index (κ1) is 10.4. The smallest absolute Gasteiger partial charge is 0.309 e. The van der Waals surface area contributed by atoms with Crippen LogP contribution in [0.25, 0.3) is 6.08 Å². The summed E-state index contributed by atoms with van der Waals surface area (Å²) in [5.74, 6) is -0.595. The van der Waals surface area contributed by atoms with Gasteiger partial charge in [0.05, 0.1) is 13.5 Å². The molecule has 0 heterocycles. The highest BCUT2D eigenvalue weighted by molar-refractivity contribution is 5.72. The molecule has 0 aliphatic carbocycles. The fraction of sp³-hybridized carbons (Fsp3) is 0.182. The van der Waals surface area contributed by atoms with E-state index in [4.69, 9.17) is 0 Å². The van der Waals surface area contributed by atoms with Crippen molar-refractivity contribution >= 4 is 12.0 Å². The quantitative estimate of drug-likeness (QED) is 0.690. The lowest BCUT2D eigenvalue weighted by atomic mass is 10.2. The third-order valence-electron chi connectivity index (χ3n) is 1.67. The standard InChI is InChI=1S/C11H11FO2/c1-14-11(13)7-3-5-9-4-2-6-10(12)8-9/h2-6,8H,7H2,1H3. The lowest BCUT2D eigenvalue weighted by Crippen LogP contribution is -1.96. The third-order valence-corrected chi connectivity index (χ3v) is 1.67. The van der Waals surface area contributed by atoms with Crippen molar-refractivity contribution < 1.29 is 13.9 Å². The van der Waals surface area contributed by atoms with E-state index in [1.54, 1.807) is 24.3 Å². The first-order valence-corrected chi connectivity index (χ1v) is 4.21. The highest BCUT2D eigenvalue weighted by Crippen LogP contribution is 2.05. The highest BCUT2D eigenvalue weighted by atomic mass is 19.1. The molecule has 0 atom stereocenters. The van der Waals surface area contributed by atoms with Crippen molar-refractivity contribution in [3.63, 3.8) is 0 Å². The molecular formula is C11H11FO2. The summed E-state index contributed by atoms with van der Waals surface area (Å²) in [6.07, 6.45) is 3.52. The Balaban J connectivity index is 2.56. The van der Waals surface area contributed by atoms with Gasteiger partial charge in [0.15, 0.2) is 0 Å². The number of methoxy groups -OCH3 is 1. The highest BCUT2D eigenvalue weighted by Gasteiger charge is 1.94. The van der Waals surface area contributed by atoms with Crippen molar-refractivity contribution in [2.24, 2.45) is 0 Å². The van der Waals surface area contributed by atoms with Gasteiger partial charge in [-0.15, -0.1) is 0 Å². The molecule has 0 fully saturated rings. The van der Waals surface area contributed by atoms with Gasteiger partial charge in [-0.05, 0) is 17.7 Å². The van der Waals surface area contributed by atoms with Gasteiger partial charge in [0.2, 0.25) is 0 Å². The second-order valence-corrected chi connectivity index (χ2v) is 2.74. The number of hydrogen-bond donors (Lipinski definition) is 0. The zero-order valence-electron chi connectivity index (χ0n) is 7.87. The lowest BCUT2D eigenvalue weighted by molar-refractivity contribution is -0.139. The minimum Gasteiger partial charge on any atom is -0.469 e. The third kappa shape index (κ3) is 3.39. The van der Waals surface area contributed by atoms with Crippen LogP contribution in [0, 0.1) is 5.82 Å². The molecule has 0 spiro atoms. The number of halogens is 1. The number of rotatable bonds is 3. The van der Waals surface area contributed by atoms with E-state index in [-0.39, 0.29) is 18.2 Å². The minimum absolute atomic E-state index is 0.201. The van der Waals surface area contributed by atoms with Gasteiger partial charge >= 0.3 is 5.97 Å². The van der Waals surface area contributed by atoms with Crippen LogP contribution in [0.4, 0.5) is 4.39 Å². The predicted molar refractivity (Wildman–Crippen MR) is 52.1 cm³/mol. The molecule has 1 aromatic rings. The van der Waals surface area contributed by atoms with Gasteiger partial charge in [0, 0.05) is 0 Å². The number of ether oxygens (including phenoxy) is 1. The Hall–Kier alpha value is -1.64. The molecule has 0 aliphatic rings. The number of benzene rings is 1. The molecule has 74 valence electrons. The molecule has 3 heteroatoms. The van der Waals surface area contributed by atoms with E-state index in [0.29, 0.717) is 0 Å². The SMILES string of the molecule is COC(=O)CC=Cc1cccc(F)c1. The van der Waals surface area contributed by atoms with Gasteiger partial charge in [-0.3, -0.25) is 4.79 Å². The topological polar surface area (TPSA) is 26.3 Å². The Morgan fingerprint density at radius 1 is 1.57 bits per heavy atom. The Bertz CT molecular complexity index is 345. The van der Waals surface area contributed by atoms with Crippen LogP contribution >= 0.6 is 0 Å². The molecule has 0 radical (unpaired) electrons. The van der Waals surface area contributed by atoms with E-state index in [0.717, 1.165) is 5.56 Å². The van der Waals surface area contributed by atoms with Gasteiger partial charge in [-0.1, -0.05) is 24.3 Å². The first-order chi connectivity index (χ1) is 6.72. The summed E-state index contributed by atoms with van der Waals surface area (Å²) in [5, 5.41) is 0. The average molecular weight is 194 g/mol. The van der Waals surface area contributed by atoms with Crippen LogP contribution in [0.3, 0.4) is 0 Å². The maximum Gasteiger partial charge on any atom is 0.309 e. The molecule has 1 rings (SSSR count). The summed E-state index contributed by atoms with van der Waals surface area (Å²) in [6, 6.07) is 6.15. The zero-order chi connectivity index (χ0) is 10.4. The van der Waals surface area contributed by atoms with Crippen LogP contribution in [0.2, 0.25) is 0 Å². The summed E-state index contributed by atoms with van der Waals surface area (Å²) >= 11 is 0. The Morgan fingerprint density at radius 2 is 2.36 bits per heavy atom. The molecule has 0 aromatic heterocycles. The van der Waals surface area contributed by atoms with Crippen molar-refractivity contribution in [1.29, 1.82) is 0 Å². The van der Waals surface area contributed by atoms with Crippen molar-refractivity contribution in [2.45, 2.75) is 6.42 Å². The van der Waals surface area contributed by atoms with Gasteiger partial charge in [-0.2, -0.15) is 0 Å². The first-order valence-electron chi connectivity index (χ1n) is 4.21. The van der Waals surface area contributed by atoms with Crippen LogP contribution in [-0.4, -0.2) is 13.1 Å². The van der Waals surface area contributed by atoms with E-state index in [1.807, 2.05) is 0 Å². The van der Waals surface area contributed by atoms with Gasteiger partial charge in [0.1, 0.15) is 5.82 Å². The molecule has 2 nitrogen and oxygen atoms in total. The number of esters is 1. The van der Waals surface area contributed by atoms with Crippen molar-refractivity contribution in [3.8, 4) is 0 Å². The summed E-state index contributed by atoms with van der Waals surface area (Å²) in [5.41, 5.74) is 0.730. The van der Waals surface area contributed by atoms with Crippen LogP contribution < -0.4 is 0 Å². The van der Waals surface area contributed by atoms with E-state index in [9.17, 15) is 9.18 Å². The molecule has 1 aromatic carbocycles. The molecule has 0 amide bonds. The van der Waals surface area contributed by atoms with Crippen LogP contribution in [-0.2, 0) is 9.53 Å². The molecule has 0 N–H and O–H groups in total. The van der Waals surface area contributed by atoms with Gasteiger partial charge < -0.3 is 4.74 Å². The van der Waals surface area contributed by atoms with Crippen LogP contribution in [0.15, 0.2) is 30.3 Å². The molecule has 14 heavy (non-hydrogen) atoms. The normalized spacial score (nSPS) is 10.4. The molecular weight excluding hydrogens is 183 g/mol. The predicted octanol–water partition coefficient (Wildman–Crippen LogP) is 2.40. The maximum absolute atomic E-state index is 12.7. The van der Waals surface area contributed by atoms with Crippen LogP contribution in [0.1, 0.15) is 12.0 Å². The molecule has 0 aliphatic heterocycles. The number of carbonyl (C=O) groups is 1. The summed E-state index contributed by atoms with van der Waals surface area (Å²) in [7, 11) is 1.33. The van der Waals surface area contributed by atoms with E-state index < -0.39 is 0 Å². The van der Waals surface area contributed by atoms with E-state index in [2.05, 4.69) is 4.74 Å². The van der Waals surface area contributed by atoms with E-state index in [1.165, 1.54) is 19.2 Å². The summed E-state index contributed by atoms with van der Waals surface area (Å²) in [4.78, 5) is 10.7. The average Bonchev–Trinajstić information content (AvgIpc) is 2.17. The van der Waals surface area contributed by atoms with Crippen molar-refractivity contribution in [1.82, 2.24) is 0 Å². The molecule has 0 unspecified atom stereocenters. The summed E-state index contributed by atoms with van der Waals surface area (Å²) in [6.45, 7) is 0. The fourth-order valence-electron chi connectivity index (χ4n) is 0.985. The van der Waals surface area contributed by atoms with Gasteiger partial charge in [0.25, 0.3) is 0 Å². The fourth-order valence-corrected chi connectivity index (χ4v) is 0.985. The molecule has 0 saturated heterocycles. The Morgan fingerprint density at radius 3 is 3.00 bits per heavy atom. The van der Waals surface area contributed by atoms with Crippen LogP contribution in [0.5, 0.6) is 0 Å². The molecule has 0 bridgehead atoms. The Labute approximate surface area is 82.0 Å². The summed E-state index contributed by atoms with van der Waals surface area (Å²) < 4.78 is 17.1. The lowest BCUT2D eigenvalue weighted by Gasteiger charge is -1.94. The van der Waals surface area contributed by atoms with Crippen molar-refractivity contribution in [3.05, 3.63) is 41.7 Å². The maximum atomic E-state index is 12.7. The Kier molecular flexibility index (Phi) is 3.85. The molecule has 0 saturated carbocycles. The largest absolute Gasteiger partial charge is 0.469 e. The zero-order valence-corrected chi connectivity index (χ0v) is 7.87. The van der Waals surface area contributed by atoms with Gasteiger partial charge in [-0.25, -0.2) is 4.39 Å². The second kappa shape index (κ2) is 5.17. The monoisotopic (exact) mass is 194 g/mol. The minimum atomic E-state index is -0.308. The number of hydrogen-bond acceptors (Lipinski definition) is 2. The van der Waals surface area contributed by atoms with E-state index >= 15 is 0 Å². The number of carbonyl (C=O) groups excluding carboxylic acids is 1.